The van der Waals surface area contributed by atoms with E-state index in [1.54, 1.807) is 4.90 Å². The summed E-state index contributed by atoms with van der Waals surface area (Å²) in [5, 5.41) is 3.05. The van der Waals surface area contributed by atoms with Gasteiger partial charge in [0.2, 0.25) is 11.8 Å². The van der Waals surface area contributed by atoms with Crippen molar-refractivity contribution in [2.75, 3.05) is 26.2 Å². The van der Waals surface area contributed by atoms with Crippen LogP contribution in [-0.4, -0.2) is 42.9 Å². The van der Waals surface area contributed by atoms with Crippen molar-refractivity contribution >= 4 is 5.91 Å². The van der Waals surface area contributed by atoms with Gasteiger partial charge in [0, 0.05) is 32.1 Å². The topological polar surface area (TPSA) is 32.3 Å². The number of hydrogen-bond acceptors (Lipinski definition) is 2. The molecule has 0 aromatic carbocycles. The number of nitrogens with zero attached hydrogens (tertiary/aromatic N) is 1. The Kier molecular flexibility index (Phi) is 3.15. The predicted molar refractivity (Wildman–Crippen MR) is 56.3 cm³/mol. The summed E-state index contributed by atoms with van der Waals surface area (Å²) in [4.78, 5) is 13.6. The summed E-state index contributed by atoms with van der Waals surface area (Å²) in [5.41, 5.74) is 0. The van der Waals surface area contributed by atoms with Gasteiger partial charge in [0.1, 0.15) is 0 Å². The van der Waals surface area contributed by atoms with E-state index in [4.69, 9.17) is 0 Å². The maximum Gasteiger partial charge on any atom is 0.248 e. The summed E-state index contributed by atoms with van der Waals surface area (Å²) in [6.45, 7) is 3.43. The van der Waals surface area contributed by atoms with E-state index >= 15 is 0 Å². The Balaban J connectivity index is 1.82. The van der Waals surface area contributed by atoms with Crippen molar-refractivity contribution < 1.29 is 13.6 Å². The minimum absolute atomic E-state index is 0.0821. The van der Waals surface area contributed by atoms with Crippen molar-refractivity contribution in [3.05, 3.63) is 0 Å². The Morgan fingerprint density at radius 1 is 1.31 bits per heavy atom. The quantitative estimate of drug-likeness (QED) is 0.773. The van der Waals surface area contributed by atoms with Crippen LogP contribution in [0.2, 0.25) is 0 Å². The number of hydrogen-bond donors (Lipinski definition) is 1. The highest BCUT2D eigenvalue weighted by Gasteiger charge is 2.38. The Bertz CT molecular complexity index is 266. The molecule has 0 aromatic rings. The van der Waals surface area contributed by atoms with Crippen molar-refractivity contribution in [3.8, 4) is 0 Å². The third-order valence-electron chi connectivity index (χ3n) is 3.65. The normalized spacial score (nSPS) is 24.3. The van der Waals surface area contributed by atoms with E-state index in [-0.39, 0.29) is 11.8 Å². The molecule has 0 bridgehead atoms. The molecule has 1 N–H and O–H groups in total. The second kappa shape index (κ2) is 4.28. The van der Waals surface area contributed by atoms with Gasteiger partial charge in [-0.2, -0.15) is 0 Å². The molecule has 2 heterocycles. The smallest absolute Gasteiger partial charge is 0.248 e. The van der Waals surface area contributed by atoms with E-state index in [2.05, 4.69) is 5.32 Å². The Labute approximate surface area is 94.2 Å². The molecular formula is C11H18F2N2O. The van der Waals surface area contributed by atoms with Crippen LogP contribution >= 0.6 is 0 Å². The molecule has 2 rings (SSSR count). The molecule has 1 amide bonds. The SMILES string of the molecule is CC(F)(F)C1CCN(C(=O)C2CNC2)CC1. The van der Waals surface area contributed by atoms with Crippen LogP contribution in [0.15, 0.2) is 0 Å². The number of carbonyl (C=O) groups is 1. The summed E-state index contributed by atoms with van der Waals surface area (Å²) in [7, 11) is 0. The van der Waals surface area contributed by atoms with Crippen LogP contribution in [0, 0.1) is 11.8 Å². The fraction of sp³-hybridized carbons (Fsp3) is 0.909. The monoisotopic (exact) mass is 232 g/mol. The highest BCUT2D eigenvalue weighted by molar-refractivity contribution is 5.80. The first-order chi connectivity index (χ1) is 7.48. The lowest BCUT2D eigenvalue weighted by Gasteiger charge is -2.38. The van der Waals surface area contributed by atoms with Gasteiger partial charge in [-0.15, -0.1) is 0 Å². The number of rotatable bonds is 2. The summed E-state index contributed by atoms with van der Waals surface area (Å²) >= 11 is 0. The van der Waals surface area contributed by atoms with Crippen molar-refractivity contribution in [2.24, 2.45) is 11.8 Å². The molecule has 2 saturated heterocycles. The van der Waals surface area contributed by atoms with Gasteiger partial charge < -0.3 is 10.2 Å². The Hall–Kier alpha value is -0.710. The lowest BCUT2D eigenvalue weighted by atomic mass is 9.90. The van der Waals surface area contributed by atoms with E-state index in [0.29, 0.717) is 25.9 Å². The van der Waals surface area contributed by atoms with Crippen LogP contribution in [-0.2, 0) is 4.79 Å². The van der Waals surface area contributed by atoms with Gasteiger partial charge in [0.15, 0.2) is 0 Å². The number of alkyl halides is 2. The minimum atomic E-state index is -2.60. The van der Waals surface area contributed by atoms with Gasteiger partial charge in [0.25, 0.3) is 0 Å². The Morgan fingerprint density at radius 3 is 2.25 bits per heavy atom. The first-order valence-corrected chi connectivity index (χ1v) is 5.86. The zero-order chi connectivity index (χ0) is 11.8. The maximum atomic E-state index is 13.1. The largest absolute Gasteiger partial charge is 0.342 e. The van der Waals surface area contributed by atoms with Gasteiger partial charge in [0.05, 0.1) is 5.92 Å². The molecule has 0 atom stereocenters. The molecule has 0 saturated carbocycles. The fourth-order valence-electron chi connectivity index (χ4n) is 2.33. The zero-order valence-corrected chi connectivity index (χ0v) is 9.51. The first kappa shape index (κ1) is 11.8. The molecule has 2 aliphatic heterocycles. The highest BCUT2D eigenvalue weighted by Crippen LogP contribution is 2.32. The summed E-state index contributed by atoms with van der Waals surface area (Å²) in [6.07, 6.45) is 0.852. The van der Waals surface area contributed by atoms with Crippen LogP contribution in [0.3, 0.4) is 0 Å². The molecule has 5 heteroatoms. The molecule has 92 valence electrons. The molecule has 3 nitrogen and oxygen atoms in total. The van der Waals surface area contributed by atoms with Crippen molar-refractivity contribution in [2.45, 2.75) is 25.7 Å². The molecule has 0 unspecified atom stereocenters. The summed E-state index contributed by atoms with van der Waals surface area (Å²) < 4.78 is 26.1. The number of piperidine rings is 1. The zero-order valence-electron chi connectivity index (χ0n) is 9.51. The predicted octanol–water partition coefficient (Wildman–Crippen LogP) is 1.10. The molecular weight excluding hydrogens is 214 g/mol. The number of carbonyl (C=O) groups excluding carboxylic acids is 1. The first-order valence-electron chi connectivity index (χ1n) is 5.86. The van der Waals surface area contributed by atoms with Crippen molar-refractivity contribution in [3.63, 3.8) is 0 Å². The number of halogens is 2. The molecule has 2 fully saturated rings. The second-order valence-electron chi connectivity index (χ2n) is 4.91. The average Bonchev–Trinajstić information content (AvgIpc) is 2.14. The van der Waals surface area contributed by atoms with E-state index < -0.39 is 11.8 Å². The molecule has 0 spiro atoms. The van der Waals surface area contributed by atoms with E-state index in [1.165, 1.54) is 0 Å². The van der Waals surface area contributed by atoms with Crippen LogP contribution in [0.1, 0.15) is 19.8 Å². The Morgan fingerprint density at radius 2 is 1.88 bits per heavy atom. The average molecular weight is 232 g/mol. The van der Waals surface area contributed by atoms with Crippen LogP contribution in [0.25, 0.3) is 0 Å². The standard InChI is InChI=1S/C11H18F2N2O/c1-11(12,13)9-2-4-15(5-3-9)10(16)8-6-14-7-8/h8-9,14H,2-7H2,1H3. The van der Waals surface area contributed by atoms with Gasteiger partial charge in [-0.05, 0) is 19.8 Å². The van der Waals surface area contributed by atoms with Gasteiger partial charge in [-0.3, -0.25) is 4.79 Å². The molecule has 0 aliphatic carbocycles. The van der Waals surface area contributed by atoms with Crippen LogP contribution in [0.5, 0.6) is 0 Å². The maximum absolute atomic E-state index is 13.1. The second-order valence-corrected chi connectivity index (χ2v) is 4.91. The van der Waals surface area contributed by atoms with E-state index in [1.807, 2.05) is 0 Å². The lowest BCUT2D eigenvalue weighted by molar-refractivity contribution is -0.141. The number of nitrogens with one attached hydrogen (secondary N) is 1. The van der Waals surface area contributed by atoms with Crippen molar-refractivity contribution in [1.82, 2.24) is 10.2 Å². The van der Waals surface area contributed by atoms with Crippen molar-refractivity contribution in [1.29, 1.82) is 0 Å². The van der Waals surface area contributed by atoms with E-state index in [0.717, 1.165) is 20.0 Å². The van der Waals surface area contributed by atoms with Gasteiger partial charge >= 0.3 is 0 Å². The van der Waals surface area contributed by atoms with E-state index in [9.17, 15) is 13.6 Å². The third kappa shape index (κ3) is 2.34. The number of likely N-dealkylation sites (tertiary alicyclic amines) is 1. The molecule has 0 radical (unpaired) electrons. The summed E-state index contributed by atoms with van der Waals surface area (Å²) in [5.74, 6) is -2.95. The fourth-order valence-corrected chi connectivity index (χ4v) is 2.33. The molecule has 0 aromatic heterocycles. The highest BCUT2D eigenvalue weighted by atomic mass is 19.3. The molecule has 16 heavy (non-hydrogen) atoms. The third-order valence-corrected chi connectivity index (χ3v) is 3.65. The number of amides is 1. The van der Waals surface area contributed by atoms with Crippen LogP contribution < -0.4 is 5.32 Å². The lowest BCUT2D eigenvalue weighted by Crippen LogP contribution is -2.54. The van der Waals surface area contributed by atoms with Gasteiger partial charge in [-0.1, -0.05) is 0 Å². The van der Waals surface area contributed by atoms with Crippen LogP contribution in [0.4, 0.5) is 8.78 Å². The minimum Gasteiger partial charge on any atom is -0.342 e. The van der Waals surface area contributed by atoms with Gasteiger partial charge in [-0.25, -0.2) is 8.78 Å². The summed E-state index contributed by atoms with van der Waals surface area (Å²) in [6, 6.07) is 0. The molecule has 2 aliphatic rings.